The van der Waals surface area contributed by atoms with Gasteiger partial charge in [-0.3, -0.25) is 9.59 Å². The SMILES string of the molecule is CCCCCCCCCCCCCCCCCCCCCCCCC(O)C(CO)NC(=O)CCCCCCCCCCCCCCCOC(=O)CCCCCCCCCCCCCC. The summed E-state index contributed by atoms with van der Waals surface area (Å²) in [7, 11) is 0. The highest BCUT2D eigenvalue weighted by Crippen LogP contribution is 2.18. The number of nitrogens with one attached hydrogen (secondary N) is 1. The molecule has 0 aromatic rings. The molecule has 0 aromatic carbocycles. The van der Waals surface area contributed by atoms with Crippen molar-refractivity contribution in [3.8, 4) is 0 Å². The van der Waals surface area contributed by atoms with Gasteiger partial charge in [0.1, 0.15) is 0 Å². The van der Waals surface area contributed by atoms with Crippen LogP contribution in [0.25, 0.3) is 0 Å². The van der Waals surface area contributed by atoms with Crippen molar-refractivity contribution < 1.29 is 24.5 Å². The standard InChI is InChI=1S/C58H115NO5/c1-3-5-7-9-11-13-15-17-18-19-20-21-22-23-24-25-27-30-34-38-42-46-50-56(61)55(54-60)59-57(62)51-47-43-39-35-31-28-26-29-33-37-41-45-49-53-64-58(63)52-48-44-40-36-32-16-14-12-10-8-6-4-2/h55-56,60-61H,3-54H2,1-2H3,(H,59,62). The molecule has 382 valence electrons. The van der Waals surface area contributed by atoms with Crippen molar-refractivity contribution in [1.29, 1.82) is 0 Å². The van der Waals surface area contributed by atoms with Crippen molar-refractivity contribution in [1.82, 2.24) is 5.32 Å². The van der Waals surface area contributed by atoms with Crippen LogP contribution in [0.5, 0.6) is 0 Å². The number of carbonyl (C=O) groups excluding carboxylic acids is 2. The minimum Gasteiger partial charge on any atom is -0.466 e. The smallest absolute Gasteiger partial charge is 0.305 e. The average Bonchev–Trinajstić information content (AvgIpc) is 3.29. The van der Waals surface area contributed by atoms with Crippen LogP contribution in [0, 0.1) is 0 Å². The van der Waals surface area contributed by atoms with Crippen molar-refractivity contribution in [2.24, 2.45) is 0 Å². The highest BCUT2D eigenvalue weighted by molar-refractivity contribution is 5.76. The van der Waals surface area contributed by atoms with E-state index < -0.39 is 12.1 Å². The summed E-state index contributed by atoms with van der Waals surface area (Å²) < 4.78 is 5.46. The molecule has 2 unspecified atom stereocenters. The number of rotatable bonds is 55. The summed E-state index contributed by atoms with van der Waals surface area (Å²) in [6, 6.07) is -0.550. The maximum absolute atomic E-state index is 12.5. The van der Waals surface area contributed by atoms with E-state index in [0.29, 0.717) is 25.9 Å². The molecule has 0 heterocycles. The van der Waals surface area contributed by atoms with Crippen molar-refractivity contribution in [3.63, 3.8) is 0 Å². The monoisotopic (exact) mass is 906 g/mol. The zero-order valence-corrected chi connectivity index (χ0v) is 43.5. The molecule has 1 amide bonds. The van der Waals surface area contributed by atoms with Crippen molar-refractivity contribution in [3.05, 3.63) is 0 Å². The molecule has 6 heteroatoms. The number of aliphatic hydroxyl groups is 2. The Labute approximate surface area is 400 Å². The molecule has 2 atom stereocenters. The lowest BCUT2D eigenvalue weighted by molar-refractivity contribution is -0.143. The third-order valence-corrected chi connectivity index (χ3v) is 13.9. The maximum atomic E-state index is 12.5. The molecule has 0 rings (SSSR count). The molecular weight excluding hydrogens is 791 g/mol. The van der Waals surface area contributed by atoms with Gasteiger partial charge in [0.05, 0.1) is 25.4 Å². The average molecular weight is 907 g/mol. The van der Waals surface area contributed by atoms with Crippen LogP contribution in [-0.4, -0.2) is 47.4 Å². The van der Waals surface area contributed by atoms with E-state index in [0.717, 1.165) is 51.4 Å². The first-order chi connectivity index (χ1) is 31.5. The second kappa shape index (κ2) is 54.5. The number of unbranched alkanes of at least 4 members (excludes halogenated alkanes) is 44. The predicted molar refractivity (Wildman–Crippen MR) is 278 cm³/mol. The molecular formula is C58H115NO5. The van der Waals surface area contributed by atoms with Crippen molar-refractivity contribution >= 4 is 11.9 Å². The van der Waals surface area contributed by atoms with Crippen LogP contribution in [0.1, 0.15) is 335 Å². The van der Waals surface area contributed by atoms with E-state index in [1.807, 2.05) is 0 Å². The van der Waals surface area contributed by atoms with Gasteiger partial charge in [-0.15, -0.1) is 0 Å². The number of aliphatic hydroxyl groups excluding tert-OH is 2. The highest BCUT2D eigenvalue weighted by atomic mass is 16.5. The Morgan fingerprint density at radius 2 is 0.641 bits per heavy atom. The Balaban J connectivity index is 3.43. The Kier molecular flexibility index (Phi) is 53.5. The molecule has 0 spiro atoms. The second-order valence-corrected chi connectivity index (χ2v) is 20.3. The van der Waals surface area contributed by atoms with Gasteiger partial charge in [0.25, 0.3) is 0 Å². The van der Waals surface area contributed by atoms with E-state index >= 15 is 0 Å². The van der Waals surface area contributed by atoms with Crippen LogP contribution in [0.15, 0.2) is 0 Å². The van der Waals surface area contributed by atoms with Crippen LogP contribution in [-0.2, 0) is 14.3 Å². The Hall–Kier alpha value is -1.14. The van der Waals surface area contributed by atoms with Crippen LogP contribution < -0.4 is 5.32 Å². The summed E-state index contributed by atoms with van der Waals surface area (Å²) in [4.78, 5) is 24.5. The first-order valence-corrected chi connectivity index (χ1v) is 29.3. The molecule has 0 fully saturated rings. The number of amides is 1. The fourth-order valence-corrected chi connectivity index (χ4v) is 9.41. The number of ether oxygens (including phenoxy) is 1. The van der Waals surface area contributed by atoms with E-state index in [1.165, 1.54) is 250 Å². The maximum Gasteiger partial charge on any atom is 0.305 e. The zero-order valence-electron chi connectivity index (χ0n) is 43.5. The van der Waals surface area contributed by atoms with E-state index in [2.05, 4.69) is 19.2 Å². The molecule has 0 aliphatic heterocycles. The van der Waals surface area contributed by atoms with Gasteiger partial charge in [0, 0.05) is 12.8 Å². The Morgan fingerprint density at radius 3 is 0.953 bits per heavy atom. The normalized spacial score (nSPS) is 12.5. The Morgan fingerprint density at radius 1 is 0.375 bits per heavy atom. The van der Waals surface area contributed by atoms with E-state index in [9.17, 15) is 19.8 Å². The van der Waals surface area contributed by atoms with Gasteiger partial charge in [-0.05, 0) is 25.7 Å². The summed E-state index contributed by atoms with van der Waals surface area (Å²) in [5, 5.41) is 23.3. The molecule has 0 bridgehead atoms. The van der Waals surface area contributed by atoms with Gasteiger partial charge in [-0.1, -0.05) is 296 Å². The fraction of sp³-hybridized carbons (Fsp3) is 0.966. The number of esters is 1. The minimum absolute atomic E-state index is 0.00336. The summed E-state index contributed by atoms with van der Waals surface area (Å²) >= 11 is 0. The highest BCUT2D eigenvalue weighted by Gasteiger charge is 2.20. The van der Waals surface area contributed by atoms with Gasteiger partial charge in [-0.2, -0.15) is 0 Å². The lowest BCUT2D eigenvalue weighted by Crippen LogP contribution is -2.45. The van der Waals surface area contributed by atoms with E-state index in [4.69, 9.17) is 4.74 Å². The van der Waals surface area contributed by atoms with Crippen LogP contribution in [0.4, 0.5) is 0 Å². The molecule has 64 heavy (non-hydrogen) atoms. The van der Waals surface area contributed by atoms with E-state index in [1.54, 1.807) is 0 Å². The first kappa shape index (κ1) is 62.9. The number of hydrogen-bond donors (Lipinski definition) is 3. The largest absolute Gasteiger partial charge is 0.466 e. The van der Waals surface area contributed by atoms with Crippen molar-refractivity contribution in [2.75, 3.05) is 13.2 Å². The molecule has 0 saturated heterocycles. The minimum atomic E-state index is -0.672. The quantitative estimate of drug-likeness (QED) is 0.0417. The molecule has 0 saturated carbocycles. The second-order valence-electron chi connectivity index (χ2n) is 20.3. The molecule has 0 radical (unpaired) electrons. The molecule has 3 N–H and O–H groups in total. The van der Waals surface area contributed by atoms with Crippen LogP contribution in [0.2, 0.25) is 0 Å². The molecule has 6 nitrogen and oxygen atoms in total. The number of carbonyl (C=O) groups is 2. The lowest BCUT2D eigenvalue weighted by Gasteiger charge is -2.22. The summed E-state index contributed by atoms with van der Waals surface area (Å²) in [5.74, 6) is -0.0467. The molecule has 0 aromatic heterocycles. The lowest BCUT2D eigenvalue weighted by atomic mass is 10.0. The van der Waals surface area contributed by atoms with Gasteiger partial charge < -0.3 is 20.3 Å². The third kappa shape index (κ3) is 50.3. The third-order valence-electron chi connectivity index (χ3n) is 13.9. The fourth-order valence-electron chi connectivity index (χ4n) is 9.41. The molecule has 0 aliphatic rings. The van der Waals surface area contributed by atoms with Gasteiger partial charge in [0.15, 0.2) is 0 Å². The Bertz CT molecular complexity index is 913. The van der Waals surface area contributed by atoms with Gasteiger partial charge in [0.2, 0.25) is 5.91 Å². The first-order valence-electron chi connectivity index (χ1n) is 29.3. The summed E-state index contributed by atoms with van der Waals surface area (Å²) in [6.45, 7) is 4.95. The van der Waals surface area contributed by atoms with Crippen LogP contribution in [0.3, 0.4) is 0 Å². The van der Waals surface area contributed by atoms with Gasteiger partial charge in [-0.25, -0.2) is 0 Å². The molecule has 0 aliphatic carbocycles. The summed E-state index contributed by atoms with van der Waals surface area (Å²) in [6.07, 6.45) is 62.3. The predicted octanol–water partition coefficient (Wildman–Crippen LogP) is 17.9. The summed E-state index contributed by atoms with van der Waals surface area (Å²) in [5.41, 5.74) is 0. The van der Waals surface area contributed by atoms with Crippen molar-refractivity contribution in [2.45, 2.75) is 347 Å². The zero-order chi connectivity index (χ0) is 46.5. The van der Waals surface area contributed by atoms with E-state index in [-0.39, 0.29) is 18.5 Å². The number of hydrogen-bond acceptors (Lipinski definition) is 5. The van der Waals surface area contributed by atoms with Crippen LogP contribution >= 0.6 is 0 Å². The topological polar surface area (TPSA) is 95.9 Å². The van der Waals surface area contributed by atoms with Gasteiger partial charge >= 0.3 is 5.97 Å².